The van der Waals surface area contributed by atoms with Crippen molar-refractivity contribution < 1.29 is 5.11 Å². The number of nitrogens with zero attached hydrogens (tertiary/aromatic N) is 2. The number of aliphatic hydroxyl groups is 1. The predicted octanol–water partition coefficient (Wildman–Crippen LogP) is 1.07. The summed E-state index contributed by atoms with van der Waals surface area (Å²) in [5.41, 5.74) is 6.68. The van der Waals surface area contributed by atoms with Gasteiger partial charge in [-0.2, -0.15) is 0 Å². The minimum atomic E-state index is -0.525. The summed E-state index contributed by atoms with van der Waals surface area (Å²) in [5, 5.41) is 9.88. The third-order valence-corrected chi connectivity index (χ3v) is 3.42. The Hall–Kier alpha value is -1.20. The Kier molecular flexibility index (Phi) is 3.31. The van der Waals surface area contributed by atoms with Crippen molar-refractivity contribution in [2.24, 2.45) is 5.73 Å². The van der Waals surface area contributed by atoms with Crippen LogP contribution in [0.3, 0.4) is 0 Å². The molecular formula is C12H17N3OS. The number of anilines is 1. The van der Waals surface area contributed by atoms with E-state index in [4.69, 9.17) is 18.0 Å². The Morgan fingerprint density at radius 1 is 1.47 bits per heavy atom. The Morgan fingerprint density at radius 3 is 2.59 bits per heavy atom. The lowest BCUT2D eigenvalue weighted by Gasteiger charge is -2.36. The van der Waals surface area contributed by atoms with Crippen molar-refractivity contribution in [3.8, 4) is 0 Å². The molecule has 3 N–H and O–H groups in total. The van der Waals surface area contributed by atoms with Crippen LogP contribution in [0.4, 0.5) is 5.69 Å². The molecule has 4 nitrogen and oxygen atoms in total. The van der Waals surface area contributed by atoms with Crippen LogP contribution < -0.4 is 10.6 Å². The summed E-state index contributed by atoms with van der Waals surface area (Å²) >= 11 is 4.86. The average Bonchev–Trinajstić information content (AvgIpc) is 2.29. The van der Waals surface area contributed by atoms with Crippen molar-refractivity contribution in [2.75, 3.05) is 18.0 Å². The van der Waals surface area contributed by atoms with Gasteiger partial charge in [0.2, 0.25) is 0 Å². The third-order valence-electron chi connectivity index (χ3n) is 3.21. The van der Waals surface area contributed by atoms with E-state index in [9.17, 15) is 5.11 Å². The third kappa shape index (κ3) is 2.92. The molecule has 1 aliphatic heterocycles. The Morgan fingerprint density at radius 2 is 2.12 bits per heavy atom. The summed E-state index contributed by atoms with van der Waals surface area (Å²) in [6.45, 7) is 3.58. The number of hydrogen-bond donors (Lipinski definition) is 2. The first-order valence-electron chi connectivity index (χ1n) is 5.71. The normalized spacial score (nSPS) is 19.1. The van der Waals surface area contributed by atoms with Crippen molar-refractivity contribution in [3.05, 3.63) is 24.0 Å². The van der Waals surface area contributed by atoms with Crippen LogP contribution in [0.15, 0.2) is 18.3 Å². The van der Waals surface area contributed by atoms with E-state index < -0.39 is 5.60 Å². The lowest BCUT2D eigenvalue weighted by atomic mass is 9.94. The summed E-state index contributed by atoms with van der Waals surface area (Å²) < 4.78 is 0. The van der Waals surface area contributed by atoms with Crippen molar-refractivity contribution in [3.63, 3.8) is 0 Å². The van der Waals surface area contributed by atoms with Gasteiger partial charge in [0.25, 0.3) is 0 Å². The Balaban J connectivity index is 2.06. The Bertz CT molecular complexity index is 406. The van der Waals surface area contributed by atoms with Gasteiger partial charge in [0.15, 0.2) is 0 Å². The molecule has 1 aromatic heterocycles. The van der Waals surface area contributed by atoms with Gasteiger partial charge in [-0.25, -0.2) is 0 Å². The Labute approximate surface area is 106 Å². The largest absolute Gasteiger partial charge is 0.390 e. The van der Waals surface area contributed by atoms with Gasteiger partial charge < -0.3 is 15.7 Å². The highest BCUT2D eigenvalue weighted by Gasteiger charge is 2.27. The maximum absolute atomic E-state index is 9.88. The quantitative estimate of drug-likeness (QED) is 0.770. The fraction of sp³-hybridized carbons (Fsp3) is 0.500. The highest BCUT2D eigenvalue weighted by Crippen LogP contribution is 2.25. The van der Waals surface area contributed by atoms with Crippen molar-refractivity contribution in [1.82, 2.24) is 4.98 Å². The molecular weight excluding hydrogens is 234 g/mol. The zero-order valence-electron chi connectivity index (χ0n) is 9.89. The molecule has 0 aromatic carbocycles. The van der Waals surface area contributed by atoms with Gasteiger partial charge in [-0.15, -0.1) is 0 Å². The first-order valence-corrected chi connectivity index (χ1v) is 6.12. The van der Waals surface area contributed by atoms with Crippen molar-refractivity contribution >= 4 is 22.9 Å². The summed E-state index contributed by atoms with van der Waals surface area (Å²) in [7, 11) is 0. The number of piperidine rings is 1. The van der Waals surface area contributed by atoms with Crippen molar-refractivity contribution in [2.45, 2.75) is 25.4 Å². The van der Waals surface area contributed by atoms with Crippen LogP contribution >= 0.6 is 12.2 Å². The van der Waals surface area contributed by atoms with E-state index in [1.807, 2.05) is 19.1 Å². The van der Waals surface area contributed by atoms with Gasteiger partial charge in [-0.1, -0.05) is 12.2 Å². The minimum absolute atomic E-state index is 0.318. The minimum Gasteiger partial charge on any atom is -0.390 e. The van der Waals surface area contributed by atoms with Crippen LogP contribution in [-0.4, -0.2) is 33.8 Å². The number of rotatable bonds is 2. The number of thiocarbonyl (C=S) groups is 1. The molecule has 2 heterocycles. The maximum Gasteiger partial charge on any atom is 0.122 e. The molecule has 92 valence electrons. The van der Waals surface area contributed by atoms with Crippen LogP contribution in [-0.2, 0) is 0 Å². The molecule has 0 saturated carbocycles. The summed E-state index contributed by atoms with van der Waals surface area (Å²) in [6, 6.07) is 3.81. The second-order valence-electron chi connectivity index (χ2n) is 4.75. The fourth-order valence-electron chi connectivity index (χ4n) is 1.97. The van der Waals surface area contributed by atoms with Crippen LogP contribution in [0.1, 0.15) is 25.5 Å². The summed E-state index contributed by atoms with van der Waals surface area (Å²) in [6.07, 6.45) is 3.35. The molecule has 0 spiro atoms. The van der Waals surface area contributed by atoms with E-state index in [0.29, 0.717) is 10.7 Å². The topological polar surface area (TPSA) is 62.4 Å². The molecule has 2 rings (SSSR count). The molecule has 1 fully saturated rings. The molecule has 0 atom stereocenters. The predicted molar refractivity (Wildman–Crippen MR) is 72.2 cm³/mol. The molecule has 0 unspecified atom stereocenters. The van der Waals surface area contributed by atoms with E-state index in [1.165, 1.54) is 0 Å². The SMILES string of the molecule is CC1(O)CCN(c2ccc(C(N)=S)nc2)CC1. The smallest absolute Gasteiger partial charge is 0.122 e. The van der Waals surface area contributed by atoms with Crippen LogP contribution in [0.25, 0.3) is 0 Å². The maximum atomic E-state index is 9.88. The molecule has 0 amide bonds. The van der Waals surface area contributed by atoms with E-state index in [0.717, 1.165) is 31.6 Å². The summed E-state index contributed by atoms with van der Waals surface area (Å²) in [4.78, 5) is 6.75. The van der Waals surface area contributed by atoms with E-state index >= 15 is 0 Å². The van der Waals surface area contributed by atoms with Crippen LogP contribution in [0.5, 0.6) is 0 Å². The summed E-state index contributed by atoms with van der Waals surface area (Å²) in [5.74, 6) is 0. The number of nitrogens with two attached hydrogens (primary N) is 1. The first-order chi connectivity index (χ1) is 7.98. The van der Waals surface area contributed by atoms with E-state index in [1.54, 1.807) is 6.20 Å². The lowest BCUT2D eigenvalue weighted by molar-refractivity contribution is 0.0351. The molecule has 1 aromatic rings. The van der Waals surface area contributed by atoms with Gasteiger partial charge in [-0.3, -0.25) is 4.98 Å². The molecule has 5 heteroatoms. The van der Waals surface area contributed by atoms with Crippen LogP contribution in [0.2, 0.25) is 0 Å². The first kappa shape index (κ1) is 12.3. The zero-order valence-corrected chi connectivity index (χ0v) is 10.7. The highest BCUT2D eigenvalue weighted by atomic mass is 32.1. The molecule has 1 aliphatic rings. The second-order valence-corrected chi connectivity index (χ2v) is 5.19. The highest BCUT2D eigenvalue weighted by molar-refractivity contribution is 7.80. The van der Waals surface area contributed by atoms with E-state index in [2.05, 4.69) is 9.88 Å². The van der Waals surface area contributed by atoms with Crippen LogP contribution in [0, 0.1) is 0 Å². The van der Waals surface area contributed by atoms with Gasteiger partial charge in [0, 0.05) is 13.1 Å². The molecule has 0 bridgehead atoms. The van der Waals surface area contributed by atoms with Gasteiger partial charge >= 0.3 is 0 Å². The van der Waals surface area contributed by atoms with Crippen molar-refractivity contribution in [1.29, 1.82) is 0 Å². The van der Waals surface area contributed by atoms with Gasteiger partial charge in [-0.05, 0) is 31.9 Å². The van der Waals surface area contributed by atoms with Gasteiger partial charge in [0.1, 0.15) is 4.99 Å². The number of aromatic nitrogens is 1. The molecule has 0 radical (unpaired) electrons. The fourth-order valence-corrected chi connectivity index (χ4v) is 2.09. The lowest BCUT2D eigenvalue weighted by Crippen LogP contribution is -2.42. The zero-order chi connectivity index (χ0) is 12.5. The molecule has 1 saturated heterocycles. The van der Waals surface area contributed by atoms with E-state index in [-0.39, 0.29) is 0 Å². The second kappa shape index (κ2) is 4.58. The average molecular weight is 251 g/mol. The monoisotopic (exact) mass is 251 g/mol. The number of hydrogen-bond acceptors (Lipinski definition) is 4. The molecule has 0 aliphatic carbocycles. The van der Waals surface area contributed by atoms with Gasteiger partial charge in [0.05, 0.1) is 23.2 Å². The standard InChI is InChI=1S/C12H17N3OS/c1-12(16)4-6-15(7-5-12)9-2-3-10(11(13)17)14-8-9/h2-3,8,16H,4-7H2,1H3,(H2,13,17). The number of pyridine rings is 1. The molecule has 17 heavy (non-hydrogen) atoms.